The molecule has 0 aromatic heterocycles. The number of benzene rings is 1. The van der Waals surface area contributed by atoms with Crippen molar-refractivity contribution in [1.82, 2.24) is 9.80 Å². The van der Waals surface area contributed by atoms with E-state index in [0.29, 0.717) is 24.5 Å². The molecule has 1 fully saturated rings. The van der Waals surface area contributed by atoms with Gasteiger partial charge in [-0.3, -0.25) is 4.72 Å². The Morgan fingerprint density at radius 1 is 1.09 bits per heavy atom. The lowest BCUT2D eigenvalue weighted by molar-refractivity contribution is 0.151. The maximum atomic E-state index is 12.2. The van der Waals surface area contributed by atoms with E-state index in [1.54, 1.807) is 29.2 Å². The Bertz CT molecular complexity index is 607. The van der Waals surface area contributed by atoms with Gasteiger partial charge < -0.3 is 15.1 Å². The SMILES string of the molecule is CCN1CCN(C(=O)Nc2ccc(NS(C)(=O)=O)cc2)CC1. The molecular weight excluding hydrogens is 304 g/mol. The summed E-state index contributed by atoms with van der Waals surface area (Å²) >= 11 is 0. The molecule has 1 aromatic rings. The molecule has 2 rings (SSSR count). The van der Waals surface area contributed by atoms with Gasteiger partial charge in [0, 0.05) is 37.6 Å². The van der Waals surface area contributed by atoms with E-state index in [4.69, 9.17) is 0 Å². The number of nitrogens with one attached hydrogen (secondary N) is 2. The van der Waals surface area contributed by atoms with Crippen molar-refractivity contribution in [1.29, 1.82) is 0 Å². The molecule has 1 aliphatic rings. The van der Waals surface area contributed by atoms with Gasteiger partial charge in [0.25, 0.3) is 0 Å². The number of urea groups is 1. The molecule has 122 valence electrons. The molecule has 0 radical (unpaired) electrons. The van der Waals surface area contributed by atoms with Crippen LogP contribution in [0.4, 0.5) is 16.2 Å². The number of rotatable bonds is 4. The smallest absolute Gasteiger partial charge is 0.321 e. The molecule has 1 heterocycles. The Labute approximate surface area is 131 Å². The Morgan fingerprint density at radius 3 is 2.14 bits per heavy atom. The Kier molecular flexibility index (Phi) is 5.25. The zero-order chi connectivity index (χ0) is 16.2. The van der Waals surface area contributed by atoms with Crippen molar-refractivity contribution in [2.24, 2.45) is 0 Å². The highest BCUT2D eigenvalue weighted by molar-refractivity contribution is 7.92. The van der Waals surface area contributed by atoms with Crippen molar-refractivity contribution >= 4 is 27.4 Å². The maximum Gasteiger partial charge on any atom is 0.321 e. The zero-order valence-electron chi connectivity index (χ0n) is 12.9. The number of anilines is 2. The van der Waals surface area contributed by atoms with Crippen molar-refractivity contribution in [3.63, 3.8) is 0 Å². The second-order valence-electron chi connectivity index (χ2n) is 5.30. The summed E-state index contributed by atoms with van der Waals surface area (Å²) in [4.78, 5) is 16.2. The van der Waals surface area contributed by atoms with Gasteiger partial charge in [0.15, 0.2) is 0 Å². The summed E-state index contributed by atoms with van der Waals surface area (Å²) in [5.41, 5.74) is 1.11. The lowest BCUT2D eigenvalue weighted by Gasteiger charge is -2.33. The third-order valence-corrected chi connectivity index (χ3v) is 4.15. The van der Waals surface area contributed by atoms with E-state index in [-0.39, 0.29) is 6.03 Å². The second-order valence-corrected chi connectivity index (χ2v) is 7.05. The Morgan fingerprint density at radius 2 is 1.64 bits per heavy atom. The van der Waals surface area contributed by atoms with Crippen LogP contribution >= 0.6 is 0 Å². The lowest BCUT2D eigenvalue weighted by atomic mass is 10.3. The molecule has 2 N–H and O–H groups in total. The predicted octanol–water partition coefficient (Wildman–Crippen LogP) is 1.23. The van der Waals surface area contributed by atoms with Crippen molar-refractivity contribution in [3.05, 3.63) is 24.3 Å². The molecule has 0 spiro atoms. The summed E-state index contributed by atoms with van der Waals surface area (Å²) in [6.45, 7) is 6.33. The predicted molar refractivity (Wildman–Crippen MR) is 87.6 cm³/mol. The van der Waals surface area contributed by atoms with Crippen LogP contribution in [0.1, 0.15) is 6.92 Å². The molecule has 0 bridgehead atoms. The molecule has 1 aromatic carbocycles. The molecule has 8 heteroatoms. The summed E-state index contributed by atoms with van der Waals surface area (Å²) in [5, 5.41) is 2.83. The van der Waals surface area contributed by atoms with Crippen LogP contribution in [0.15, 0.2) is 24.3 Å². The minimum absolute atomic E-state index is 0.125. The number of hydrogen-bond donors (Lipinski definition) is 2. The van der Waals surface area contributed by atoms with Crippen LogP contribution in [-0.4, -0.2) is 63.2 Å². The van der Waals surface area contributed by atoms with Gasteiger partial charge in [-0.2, -0.15) is 0 Å². The standard InChI is InChI=1S/C14H22N4O3S/c1-3-17-8-10-18(11-9-17)14(19)15-12-4-6-13(7-5-12)16-22(2,20)21/h4-7,16H,3,8-11H2,1-2H3,(H,15,19). The van der Waals surface area contributed by atoms with Gasteiger partial charge in [0.1, 0.15) is 0 Å². The number of nitrogens with zero attached hydrogens (tertiary/aromatic N) is 2. The van der Waals surface area contributed by atoms with Gasteiger partial charge in [-0.15, -0.1) is 0 Å². The number of carbonyl (C=O) groups excluding carboxylic acids is 1. The van der Waals surface area contributed by atoms with Crippen molar-refractivity contribution in [2.45, 2.75) is 6.92 Å². The number of piperazine rings is 1. The van der Waals surface area contributed by atoms with E-state index in [9.17, 15) is 13.2 Å². The molecule has 0 aliphatic carbocycles. The first kappa shape index (κ1) is 16.6. The second kappa shape index (κ2) is 6.97. The quantitative estimate of drug-likeness (QED) is 0.872. The van der Waals surface area contributed by atoms with E-state index in [1.807, 2.05) is 0 Å². The first-order valence-corrected chi connectivity index (χ1v) is 9.12. The lowest BCUT2D eigenvalue weighted by Crippen LogP contribution is -2.49. The maximum absolute atomic E-state index is 12.2. The van der Waals surface area contributed by atoms with E-state index in [2.05, 4.69) is 21.9 Å². The molecule has 0 atom stereocenters. The number of amides is 2. The largest absolute Gasteiger partial charge is 0.322 e. The van der Waals surface area contributed by atoms with Gasteiger partial charge in [-0.1, -0.05) is 6.92 Å². The van der Waals surface area contributed by atoms with Gasteiger partial charge in [0.2, 0.25) is 10.0 Å². The van der Waals surface area contributed by atoms with E-state index >= 15 is 0 Å². The summed E-state index contributed by atoms with van der Waals surface area (Å²) in [7, 11) is -3.29. The minimum atomic E-state index is -3.29. The summed E-state index contributed by atoms with van der Waals surface area (Å²) < 4.78 is 24.6. The molecule has 0 saturated carbocycles. The van der Waals surface area contributed by atoms with Crippen LogP contribution in [0, 0.1) is 0 Å². The molecular formula is C14H22N4O3S. The van der Waals surface area contributed by atoms with E-state index < -0.39 is 10.0 Å². The first-order valence-electron chi connectivity index (χ1n) is 7.23. The number of hydrogen-bond acceptors (Lipinski definition) is 4. The van der Waals surface area contributed by atoms with Gasteiger partial charge in [-0.05, 0) is 30.8 Å². The van der Waals surface area contributed by atoms with Crippen LogP contribution < -0.4 is 10.0 Å². The Hall–Kier alpha value is -1.80. The molecule has 0 unspecified atom stereocenters. The normalized spacial score (nSPS) is 16.4. The summed E-state index contributed by atoms with van der Waals surface area (Å²) in [6, 6.07) is 6.46. The van der Waals surface area contributed by atoms with Crippen LogP contribution in [0.3, 0.4) is 0 Å². The van der Waals surface area contributed by atoms with Gasteiger partial charge in [0.05, 0.1) is 6.26 Å². The Balaban J connectivity index is 1.89. The van der Waals surface area contributed by atoms with Crippen LogP contribution in [0.25, 0.3) is 0 Å². The summed E-state index contributed by atoms with van der Waals surface area (Å²) in [6.07, 6.45) is 1.10. The topological polar surface area (TPSA) is 81.8 Å². The molecule has 22 heavy (non-hydrogen) atoms. The van der Waals surface area contributed by atoms with Crippen molar-refractivity contribution in [3.8, 4) is 0 Å². The minimum Gasteiger partial charge on any atom is -0.322 e. The highest BCUT2D eigenvalue weighted by Crippen LogP contribution is 2.15. The van der Waals surface area contributed by atoms with Crippen LogP contribution in [-0.2, 0) is 10.0 Å². The average Bonchev–Trinajstić information content (AvgIpc) is 2.48. The fourth-order valence-corrected chi connectivity index (χ4v) is 2.87. The molecule has 7 nitrogen and oxygen atoms in total. The molecule has 2 amide bonds. The summed E-state index contributed by atoms with van der Waals surface area (Å²) in [5.74, 6) is 0. The fourth-order valence-electron chi connectivity index (χ4n) is 2.31. The molecule has 1 aliphatic heterocycles. The zero-order valence-corrected chi connectivity index (χ0v) is 13.7. The van der Waals surface area contributed by atoms with E-state index in [0.717, 1.165) is 25.9 Å². The van der Waals surface area contributed by atoms with Crippen molar-refractivity contribution in [2.75, 3.05) is 49.0 Å². The number of likely N-dealkylation sites (N-methyl/N-ethyl adjacent to an activating group) is 1. The third kappa shape index (κ3) is 4.88. The molecule has 1 saturated heterocycles. The van der Waals surface area contributed by atoms with Gasteiger partial charge in [-0.25, -0.2) is 13.2 Å². The van der Waals surface area contributed by atoms with E-state index in [1.165, 1.54) is 0 Å². The van der Waals surface area contributed by atoms with Crippen molar-refractivity contribution < 1.29 is 13.2 Å². The number of sulfonamides is 1. The first-order chi connectivity index (χ1) is 10.4. The highest BCUT2D eigenvalue weighted by Gasteiger charge is 2.19. The third-order valence-electron chi connectivity index (χ3n) is 3.55. The highest BCUT2D eigenvalue weighted by atomic mass is 32.2. The number of carbonyl (C=O) groups is 1. The monoisotopic (exact) mass is 326 g/mol. The van der Waals surface area contributed by atoms with Crippen LogP contribution in [0.5, 0.6) is 0 Å². The fraction of sp³-hybridized carbons (Fsp3) is 0.500. The average molecular weight is 326 g/mol. The van der Waals surface area contributed by atoms with Crippen LogP contribution in [0.2, 0.25) is 0 Å². The van der Waals surface area contributed by atoms with Gasteiger partial charge >= 0.3 is 6.03 Å².